The van der Waals surface area contributed by atoms with Gasteiger partial charge in [0.05, 0.1) is 88.8 Å². The molecule has 0 atom stereocenters. The fourth-order valence-corrected chi connectivity index (χ4v) is 15.8. The molecule has 0 aliphatic heterocycles. The third-order valence-corrected chi connectivity index (χ3v) is 23.2. The van der Waals surface area contributed by atoms with E-state index in [-0.39, 0.29) is 22.7 Å². The van der Waals surface area contributed by atoms with Gasteiger partial charge in [0.1, 0.15) is 56.4 Å². The van der Waals surface area contributed by atoms with Crippen molar-refractivity contribution in [2.45, 2.75) is 74.6 Å². The number of hydrogen-bond acceptors (Lipinski definition) is 10. The largest absolute Gasteiger partial charge is 0.508 e. The number of halogens is 9. The molecule has 0 spiro atoms. The molecule has 13 aromatic carbocycles. The monoisotopic (exact) mass is 1870 g/mol. The van der Waals surface area contributed by atoms with Crippen LogP contribution in [0.3, 0.4) is 0 Å². The van der Waals surface area contributed by atoms with Gasteiger partial charge in [-0.05, 0) is 298 Å². The van der Waals surface area contributed by atoms with Crippen LogP contribution in [0, 0.1) is 101 Å². The number of aromatic nitrogens is 1. The maximum absolute atomic E-state index is 13.7. The van der Waals surface area contributed by atoms with Gasteiger partial charge in [0.2, 0.25) is 0 Å². The number of phenolic OH excluding ortho intramolecular Hbond substituents is 1. The topological polar surface area (TPSA) is 160 Å². The van der Waals surface area contributed by atoms with Crippen molar-refractivity contribution in [3.05, 3.63) is 434 Å². The molecule has 684 valence electrons. The minimum absolute atomic E-state index is 0.000390. The highest BCUT2D eigenvalue weighted by atomic mass is 35.5. The van der Waals surface area contributed by atoms with Gasteiger partial charge >= 0.3 is 12.8 Å². The molecule has 25 heteroatoms. The lowest BCUT2D eigenvalue weighted by atomic mass is 9.98. The Bertz CT molecular complexity index is 8370. The predicted molar refractivity (Wildman–Crippen MR) is 528 cm³/mol. The van der Waals surface area contributed by atoms with Crippen molar-refractivity contribution in [1.82, 2.24) is 4.98 Å². The third-order valence-electron chi connectivity index (χ3n) is 22.8. The molecule has 21 rings (SSSR count). The average Bonchev–Trinajstić information content (AvgIpc) is 1.75. The van der Waals surface area contributed by atoms with Crippen LogP contribution >= 0.6 is 11.6 Å². The van der Waals surface area contributed by atoms with Crippen LogP contribution in [-0.4, -0.2) is 16.7 Å². The molecule has 8 heterocycles. The Balaban J connectivity index is 0.000000123. The summed E-state index contributed by atoms with van der Waals surface area (Å²) in [6.45, 7) is 54.4. The lowest BCUT2D eigenvalue weighted by Gasteiger charge is -2.12. The molecular weight excluding hydrogens is 1800 g/mol. The van der Waals surface area contributed by atoms with E-state index in [1.807, 2.05) is 112 Å². The van der Waals surface area contributed by atoms with E-state index in [1.165, 1.54) is 55.5 Å². The maximum atomic E-state index is 13.7. The molecule has 0 aliphatic carbocycles. The van der Waals surface area contributed by atoms with Crippen molar-refractivity contribution in [2.24, 2.45) is 0 Å². The molecule has 0 radical (unpaired) electrons. The average molecular weight is 1880 g/mol. The molecule has 0 aliphatic rings. The Morgan fingerprint density at radius 3 is 0.978 bits per heavy atom. The van der Waals surface area contributed by atoms with Crippen LogP contribution in [0.25, 0.3) is 184 Å². The van der Waals surface area contributed by atoms with E-state index in [2.05, 4.69) is 57.8 Å². The van der Waals surface area contributed by atoms with E-state index in [0.29, 0.717) is 128 Å². The van der Waals surface area contributed by atoms with Gasteiger partial charge in [-0.15, -0.1) is 0 Å². The SMILES string of the molecule is Cc1cc(-c2ccc(C)c(O)c2)c2occc2c1.[C-]#[N+]c1cc(-c2ccc(C)c(C(F)(F)F)c2)c2occc2c1.[C-]#[N+]c1cc(-c2ccc(C)c(C(F)F)c2)c2occc2c1.[C-]#[N+]c1cc(-c2ccc(C)c(Cl)c2)c2occc2c1.[C-]#[N+]c1cc(-c2ccc(C)c(F)c2)c2occc2c1.[C-]#[N+]c1cc(-c2ccc(C)c(OC(F)F)c2)c2occc2c1.[C-]#[N+]c1cc(-c2ccc(C)nc2)c2occc2c1. The van der Waals surface area contributed by atoms with Crippen molar-refractivity contribution < 1.29 is 75.9 Å². The van der Waals surface area contributed by atoms with E-state index >= 15 is 0 Å². The lowest BCUT2D eigenvalue weighted by Crippen LogP contribution is -2.07. The number of rotatable bonds is 10. The summed E-state index contributed by atoms with van der Waals surface area (Å²) in [6.07, 6.45) is 5.94. The smallest absolute Gasteiger partial charge is 0.416 e. The molecule has 0 saturated heterocycles. The Kier molecular flexibility index (Phi) is 28.7. The standard InChI is InChI=1S/C17H10F3NO.C17H11F2NO2.C17H11F2NO.C16H10ClNO.C16H10FNO.C16H14O2.C15H10N2O/c1-10-3-4-11(8-15(10)17(18,19)20)14-9-13(21-2)7-12-5-6-22-16(12)14;1-10-3-4-11(8-15(10)22-17(18)19)14-9-13(20-2)7-12-5-6-21-16(12)14;1-10-3-4-11(8-14(10)17(18)19)15-9-13(20-2)7-12-5-6-21-16(12)15;2*1-10-3-4-11(8-15(10)17)14-9-13(18-2)7-12-5-6-19-16(12)14;1-10-7-13-5-6-18-16(13)14(8-10)12-4-3-11(2)15(17)9-12;1-10-3-4-12(9-17-10)14-8-13(16-2)7-11-5-6-18-15(11)14/h3-9H,1H3;3-9,17H,1H3;3-9,17H,1H3;2*3-9H,1H3;3-9,17H,1-2H3;3-9H,1H3. The molecule has 8 aromatic heterocycles. The third kappa shape index (κ3) is 21.6. The number of fused-ring (bicyclic) bond motifs is 7. The number of alkyl halides is 7. The molecule has 139 heavy (non-hydrogen) atoms. The summed E-state index contributed by atoms with van der Waals surface area (Å²) in [4.78, 5) is 24.9. The zero-order chi connectivity index (χ0) is 98.6. The van der Waals surface area contributed by atoms with Crippen LogP contribution < -0.4 is 4.74 Å². The van der Waals surface area contributed by atoms with Crippen molar-refractivity contribution in [1.29, 1.82) is 0 Å². The van der Waals surface area contributed by atoms with E-state index < -0.39 is 24.8 Å². The number of phenols is 1. The second kappa shape index (κ2) is 41.7. The minimum Gasteiger partial charge on any atom is -0.508 e. The van der Waals surface area contributed by atoms with E-state index in [9.17, 15) is 40.2 Å². The number of pyridine rings is 1. The molecule has 21 aromatic rings. The van der Waals surface area contributed by atoms with Gasteiger partial charge in [0, 0.05) is 105 Å². The molecule has 1 N–H and O–H groups in total. The lowest BCUT2D eigenvalue weighted by molar-refractivity contribution is -0.138. The number of ether oxygens (including phenoxy) is 1. The highest BCUT2D eigenvalue weighted by Gasteiger charge is 2.33. The van der Waals surface area contributed by atoms with Crippen molar-refractivity contribution in [3.8, 4) is 89.4 Å². The molecule has 0 unspecified atom stereocenters. The highest BCUT2D eigenvalue weighted by Crippen LogP contribution is 2.45. The van der Waals surface area contributed by atoms with Crippen LogP contribution in [0.1, 0.15) is 62.2 Å². The van der Waals surface area contributed by atoms with Gasteiger partial charge < -0.3 is 40.8 Å². The van der Waals surface area contributed by atoms with Gasteiger partial charge in [0.25, 0.3) is 6.43 Å². The van der Waals surface area contributed by atoms with Crippen LogP contribution in [0.4, 0.5) is 69.2 Å². The fraction of sp³-hybridized carbons (Fsp3) is 0.0965. The van der Waals surface area contributed by atoms with E-state index in [0.717, 1.165) is 111 Å². The molecule has 16 nitrogen and oxygen atoms in total. The summed E-state index contributed by atoms with van der Waals surface area (Å²) < 4.78 is 147. The van der Waals surface area contributed by atoms with Crippen molar-refractivity contribution >= 4 is 123 Å². The Morgan fingerprint density at radius 2 is 0.633 bits per heavy atom. The van der Waals surface area contributed by atoms with E-state index in [4.69, 9.17) is 82.0 Å². The number of hydrogen-bond donors (Lipinski definition) is 1. The fourth-order valence-electron chi connectivity index (χ4n) is 15.6. The van der Waals surface area contributed by atoms with E-state index in [1.54, 1.807) is 167 Å². The van der Waals surface area contributed by atoms with Gasteiger partial charge in [-0.1, -0.05) is 90.5 Å². The first kappa shape index (κ1) is 95.7. The second-order valence-electron chi connectivity index (χ2n) is 32.2. The summed E-state index contributed by atoms with van der Waals surface area (Å²) in [5.41, 5.74) is 23.8. The normalized spacial score (nSPS) is 10.9. The number of benzene rings is 13. The van der Waals surface area contributed by atoms with Gasteiger partial charge in [-0.2, -0.15) is 22.0 Å². The van der Waals surface area contributed by atoms with Gasteiger partial charge in [-0.3, -0.25) is 4.98 Å². The predicted octanol–water partition coefficient (Wildman–Crippen LogP) is 36.9. The van der Waals surface area contributed by atoms with Crippen LogP contribution in [0.5, 0.6) is 11.5 Å². The zero-order valence-electron chi connectivity index (χ0n) is 75.2. The molecule has 0 bridgehead atoms. The Labute approximate surface area is 796 Å². The number of aryl methyl sites for hydroxylation is 8. The van der Waals surface area contributed by atoms with Crippen molar-refractivity contribution in [3.63, 3.8) is 0 Å². The first-order chi connectivity index (χ1) is 66.9. The summed E-state index contributed by atoms with van der Waals surface area (Å²) >= 11 is 6.17. The van der Waals surface area contributed by atoms with Crippen LogP contribution in [0.15, 0.2) is 330 Å². The summed E-state index contributed by atoms with van der Waals surface area (Å²) in [5.74, 6) is 0.166. The zero-order valence-corrected chi connectivity index (χ0v) is 75.9. The quantitative estimate of drug-likeness (QED) is 0.103. The first-order valence-corrected chi connectivity index (χ1v) is 43.0. The van der Waals surface area contributed by atoms with Crippen LogP contribution in [0.2, 0.25) is 5.02 Å². The minimum atomic E-state index is -4.42. The number of furan rings is 7. The van der Waals surface area contributed by atoms with Crippen LogP contribution in [-0.2, 0) is 6.18 Å². The Hall–Kier alpha value is -17.9. The number of nitrogens with zero attached hydrogens (tertiary/aromatic N) is 7. The molecule has 0 saturated carbocycles. The summed E-state index contributed by atoms with van der Waals surface area (Å²) in [5, 5.41) is 16.6. The second-order valence-corrected chi connectivity index (χ2v) is 32.6. The summed E-state index contributed by atoms with van der Waals surface area (Å²) in [6, 6.07) is 72.3. The maximum Gasteiger partial charge on any atom is 0.416 e. The molecule has 0 fully saturated rings. The number of aromatic hydroxyl groups is 1. The van der Waals surface area contributed by atoms with Crippen molar-refractivity contribution in [2.75, 3.05) is 0 Å². The Morgan fingerprint density at radius 1 is 0.324 bits per heavy atom. The first-order valence-electron chi connectivity index (χ1n) is 42.6. The summed E-state index contributed by atoms with van der Waals surface area (Å²) in [7, 11) is 0. The van der Waals surface area contributed by atoms with Gasteiger partial charge in [0.15, 0.2) is 34.1 Å². The molecule has 0 amide bonds. The van der Waals surface area contributed by atoms with Gasteiger partial charge in [-0.25, -0.2) is 42.2 Å². The highest BCUT2D eigenvalue weighted by molar-refractivity contribution is 6.31. The molecular formula is C114H76ClF8N7O9.